The molecule has 0 aliphatic heterocycles. The van der Waals surface area contributed by atoms with Crippen LogP contribution < -0.4 is 10.5 Å². The minimum absolute atomic E-state index is 0.217. The van der Waals surface area contributed by atoms with Crippen LogP contribution in [0.3, 0.4) is 0 Å². The van der Waals surface area contributed by atoms with E-state index >= 15 is 0 Å². The Hall–Kier alpha value is -0.0700. The Morgan fingerprint density at radius 3 is 2.56 bits per heavy atom. The van der Waals surface area contributed by atoms with Crippen molar-refractivity contribution in [1.82, 2.24) is 0 Å². The van der Waals surface area contributed by atoms with Gasteiger partial charge in [-0.1, -0.05) is 17.7 Å². The van der Waals surface area contributed by atoms with Gasteiger partial charge in [-0.05, 0) is 61.2 Å². The number of thiophene rings is 1. The van der Waals surface area contributed by atoms with E-state index in [0.717, 1.165) is 18.7 Å². The molecule has 1 aromatic carbocycles. The number of halogens is 3. The molecule has 2 N–H and O–H groups in total. The number of hydrogen-bond donors (Lipinski definition) is 1. The number of benzene rings is 1. The second kappa shape index (κ2) is 5.92. The van der Waals surface area contributed by atoms with Gasteiger partial charge in [-0.15, -0.1) is 11.3 Å². The van der Waals surface area contributed by atoms with Crippen molar-refractivity contribution in [3.05, 3.63) is 48.0 Å². The average molecular weight is 412 g/mol. The van der Waals surface area contributed by atoms with Crippen LogP contribution in [0.1, 0.15) is 17.2 Å². The predicted molar refractivity (Wildman–Crippen MR) is 83.8 cm³/mol. The van der Waals surface area contributed by atoms with Crippen LogP contribution in [0.5, 0.6) is 5.75 Å². The van der Waals surface area contributed by atoms with E-state index in [2.05, 4.69) is 31.9 Å². The summed E-state index contributed by atoms with van der Waals surface area (Å²) < 4.78 is 7.19. The molecule has 1 aromatic heterocycles. The fraction of sp³-hybridized carbons (Fsp3) is 0.167. The second-order valence-electron chi connectivity index (χ2n) is 3.65. The van der Waals surface area contributed by atoms with Crippen molar-refractivity contribution in [2.24, 2.45) is 5.73 Å². The van der Waals surface area contributed by atoms with Gasteiger partial charge >= 0.3 is 0 Å². The highest BCUT2D eigenvalue weighted by molar-refractivity contribution is 9.12. The summed E-state index contributed by atoms with van der Waals surface area (Å²) in [7, 11) is 1.59. The monoisotopic (exact) mass is 409 g/mol. The molecular weight excluding hydrogens is 401 g/mol. The normalized spacial score (nSPS) is 12.5. The Balaban J connectivity index is 2.37. The maximum atomic E-state index is 6.25. The third-order valence-corrected chi connectivity index (χ3v) is 5.23. The standard InChI is InChI=1S/C12H10Br2ClNOS/c1-17-9-3-2-6(4-8(9)15)11(16)7-5-10(13)18-12(7)14/h2-5,11H,16H2,1H3. The van der Waals surface area contributed by atoms with Crippen molar-refractivity contribution < 1.29 is 4.74 Å². The molecule has 0 aliphatic carbocycles. The molecule has 0 aliphatic rings. The Bertz CT molecular complexity index is 573. The molecule has 18 heavy (non-hydrogen) atoms. The van der Waals surface area contributed by atoms with Crippen LogP contribution >= 0.6 is 54.8 Å². The highest BCUT2D eigenvalue weighted by atomic mass is 79.9. The van der Waals surface area contributed by atoms with Crippen molar-refractivity contribution in [1.29, 1.82) is 0 Å². The van der Waals surface area contributed by atoms with Crippen LogP contribution in [-0.2, 0) is 0 Å². The molecule has 1 heterocycles. The first-order valence-corrected chi connectivity index (χ1v) is 7.84. The van der Waals surface area contributed by atoms with Gasteiger partial charge in [0.25, 0.3) is 0 Å². The van der Waals surface area contributed by atoms with Crippen molar-refractivity contribution in [3.8, 4) is 5.75 Å². The van der Waals surface area contributed by atoms with Crippen LogP contribution in [-0.4, -0.2) is 7.11 Å². The fourth-order valence-electron chi connectivity index (χ4n) is 1.62. The molecule has 0 fully saturated rings. The van der Waals surface area contributed by atoms with Crippen LogP contribution in [0.25, 0.3) is 0 Å². The molecule has 0 bridgehead atoms. The molecule has 0 spiro atoms. The van der Waals surface area contributed by atoms with Crippen molar-refractivity contribution in [3.63, 3.8) is 0 Å². The van der Waals surface area contributed by atoms with Gasteiger partial charge in [-0.25, -0.2) is 0 Å². The lowest BCUT2D eigenvalue weighted by atomic mass is 10.0. The summed E-state index contributed by atoms with van der Waals surface area (Å²) in [5.41, 5.74) is 8.23. The van der Waals surface area contributed by atoms with E-state index in [9.17, 15) is 0 Å². The number of ether oxygens (including phenoxy) is 1. The maximum Gasteiger partial charge on any atom is 0.137 e. The van der Waals surface area contributed by atoms with Gasteiger partial charge in [-0.3, -0.25) is 0 Å². The first kappa shape index (κ1) is 14.3. The summed E-state index contributed by atoms with van der Waals surface area (Å²) >= 11 is 14.7. The van der Waals surface area contributed by atoms with E-state index in [4.69, 9.17) is 22.1 Å². The molecule has 2 nitrogen and oxygen atoms in total. The van der Waals surface area contributed by atoms with Gasteiger partial charge in [-0.2, -0.15) is 0 Å². The zero-order valence-electron chi connectivity index (χ0n) is 9.41. The number of nitrogens with two attached hydrogens (primary N) is 1. The summed E-state index contributed by atoms with van der Waals surface area (Å²) in [5.74, 6) is 0.651. The van der Waals surface area contributed by atoms with Crippen LogP contribution in [0.4, 0.5) is 0 Å². The third-order valence-electron chi connectivity index (χ3n) is 2.55. The average Bonchev–Trinajstić information content (AvgIpc) is 2.67. The number of rotatable bonds is 3. The van der Waals surface area contributed by atoms with Gasteiger partial charge < -0.3 is 10.5 Å². The fourth-order valence-corrected chi connectivity index (χ4v) is 4.82. The Labute approximate surface area is 131 Å². The highest BCUT2D eigenvalue weighted by Gasteiger charge is 2.16. The lowest BCUT2D eigenvalue weighted by Gasteiger charge is -2.13. The Morgan fingerprint density at radius 1 is 1.33 bits per heavy atom. The molecule has 0 radical (unpaired) electrons. The first-order valence-electron chi connectivity index (χ1n) is 5.06. The molecule has 1 unspecified atom stereocenters. The summed E-state index contributed by atoms with van der Waals surface area (Å²) in [6, 6.07) is 7.38. The molecule has 1 atom stereocenters. The van der Waals surface area contributed by atoms with Crippen LogP contribution in [0, 0.1) is 0 Å². The predicted octanol–water partition coefficient (Wildman–Crippen LogP) is 4.98. The van der Waals surface area contributed by atoms with Crippen LogP contribution in [0.15, 0.2) is 31.8 Å². The zero-order chi connectivity index (χ0) is 13.3. The SMILES string of the molecule is COc1ccc(C(N)c2cc(Br)sc2Br)cc1Cl. The van der Waals surface area contributed by atoms with E-state index in [1.54, 1.807) is 18.4 Å². The Morgan fingerprint density at radius 2 is 2.06 bits per heavy atom. The largest absolute Gasteiger partial charge is 0.495 e. The molecule has 0 saturated heterocycles. The molecule has 6 heteroatoms. The minimum atomic E-state index is -0.217. The summed E-state index contributed by atoms with van der Waals surface area (Å²) in [5, 5.41) is 0.566. The Kier molecular flexibility index (Phi) is 4.72. The molecule has 2 aromatic rings. The topological polar surface area (TPSA) is 35.2 Å². The van der Waals surface area contributed by atoms with Crippen molar-refractivity contribution in [2.45, 2.75) is 6.04 Å². The maximum absolute atomic E-state index is 6.25. The lowest BCUT2D eigenvalue weighted by Crippen LogP contribution is -2.11. The van der Waals surface area contributed by atoms with E-state index in [1.165, 1.54) is 0 Å². The minimum Gasteiger partial charge on any atom is -0.495 e. The molecule has 2 rings (SSSR count). The third kappa shape index (κ3) is 2.91. The van der Waals surface area contributed by atoms with Crippen LogP contribution in [0.2, 0.25) is 5.02 Å². The second-order valence-corrected chi connectivity index (χ2v) is 7.81. The molecule has 0 amide bonds. The van der Waals surface area contributed by atoms with Gasteiger partial charge in [0.1, 0.15) is 5.75 Å². The van der Waals surface area contributed by atoms with E-state index in [-0.39, 0.29) is 6.04 Å². The van der Waals surface area contributed by atoms with Crippen molar-refractivity contribution >= 4 is 54.8 Å². The van der Waals surface area contributed by atoms with Crippen molar-refractivity contribution in [2.75, 3.05) is 7.11 Å². The van der Waals surface area contributed by atoms with E-state index < -0.39 is 0 Å². The lowest BCUT2D eigenvalue weighted by molar-refractivity contribution is 0.415. The summed E-state index contributed by atoms with van der Waals surface area (Å²) in [6.07, 6.45) is 0. The van der Waals surface area contributed by atoms with Gasteiger partial charge in [0.15, 0.2) is 0 Å². The zero-order valence-corrected chi connectivity index (χ0v) is 14.2. The van der Waals surface area contributed by atoms with E-state index in [1.807, 2.05) is 24.3 Å². The van der Waals surface area contributed by atoms with Gasteiger partial charge in [0.2, 0.25) is 0 Å². The molecule has 0 saturated carbocycles. The molecule has 96 valence electrons. The summed E-state index contributed by atoms with van der Waals surface area (Å²) in [4.78, 5) is 0. The number of hydrogen-bond acceptors (Lipinski definition) is 3. The summed E-state index contributed by atoms with van der Waals surface area (Å²) in [6.45, 7) is 0. The molecular formula is C12H10Br2ClNOS. The first-order chi connectivity index (χ1) is 8.52. The highest BCUT2D eigenvalue weighted by Crippen LogP contribution is 2.38. The van der Waals surface area contributed by atoms with Gasteiger partial charge in [0, 0.05) is 0 Å². The smallest absolute Gasteiger partial charge is 0.137 e. The quantitative estimate of drug-likeness (QED) is 0.773. The van der Waals surface area contributed by atoms with Gasteiger partial charge in [0.05, 0.1) is 25.7 Å². The number of methoxy groups -OCH3 is 1. The van der Waals surface area contributed by atoms with E-state index in [0.29, 0.717) is 10.8 Å².